The van der Waals surface area contributed by atoms with Crippen molar-refractivity contribution >= 4 is 17.8 Å². The van der Waals surface area contributed by atoms with E-state index in [1.54, 1.807) is 12.1 Å². The monoisotopic (exact) mass is 430 g/mol. The third kappa shape index (κ3) is 5.83. The van der Waals surface area contributed by atoms with E-state index >= 15 is 0 Å². The predicted octanol–water partition coefficient (Wildman–Crippen LogP) is 2.75. The smallest absolute Gasteiger partial charge is 0.325 e. The van der Waals surface area contributed by atoms with E-state index in [0.29, 0.717) is 19.4 Å². The predicted molar refractivity (Wildman–Crippen MR) is 112 cm³/mol. The summed E-state index contributed by atoms with van der Waals surface area (Å²) >= 11 is 0. The van der Waals surface area contributed by atoms with Crippen molar-refractivity contribution in [1.82, 2.24) is 10.6 Å². The molecule has 0 saturated heterocycles. The number of esters is 1. The van der Waals surface area contributed by atoms with Gasteiger partial charge in [-0.15, -0.1) is 0 Å². The molecule has 4 aliphatic carbocycles. The summed E-state index contributed by atoms with van der Waals surface area (Å²) < 4.78 is 17.8. The number of benzene rings is 1. The highest BCUT2D eigenvalue weighted by atomic mass is 19.1. The van der Waals surface area contributed by atoms with E-state index < -0.39 is 11.9 Å². The summed E-state index contributed by atoms with van der Waals surface area (Å²) in [6.45, 7) is -0.231. The summed E-state index contributed by atoms with van der Waals surface area (Å²) in [5.74, 6) is 0.928. The lowest BCUT2D eigenvalue weighted by molar-refractivity contribution is -0.148. The van der Waals surface area contributed by atoms with Crippen LogP contribution in [0.2, 0.25) is 0 Å². The van der Waals surface area contributed by atoms with E-state index in [0.717, 1.165) is 42.6 Å². The maximum atomic E-state index is 12.9. The van der Waals surface area contributed by atoms with Crippen molar-refractivity contribution in [3.05, 3.63) is 35.6 Å². The van der Waals surface area contributed by atoms with Crippen LogP contribution in [0.5, 0.6) is 0 Å². The summed E-state index contributed by atoms with van der Waals surface area (Å²) in [5, 5.41) is 5.33. The van der Waals surface area contributed by atoms with Crippen molar-refractivity contribution in [2.75, 3.05) is 19.7 Å². The Morgan fingerprint density at radius 1 is 0.935 bits per heavy atom. The van der Waals surface area contributed by atoms with Gasteiger partial charge in [0.2, 0.25) is 5.91 Å². The Balaban J connectivity index is 1.10. The van der Waals surface area contributed by atoms with Crippen LogP contribution >= 0.6 is 0 Å². The van der Waals surface area contributed by atoms with Gasteiger partial charge >= 0.3 is 5.97 Å². The van der Waals surface area contributed by atoms with Crippen molar-refractivity contribution in [3.8, 4) is 0 Å². The fourth-order valence-electron chi connectivity index (χ4n) is 6.33. The molecule has 0 unspecified atom stereocenters. The number of hydrogen-bond acceptors (Lipinski definition) is 4. The van der Waals surface area contributed by atoms with Crippen LogP contribution in [0.15, 0.2) is 24.3 Å². The molecule has 4 saturated carbocycles. The number of halogens is 1. The van der Waals surface area contributed by atoms with Gasteiger partial charge in [-0.05, 0) is 85.8 Å². The molecular formula is C24H31FN2O4. The van der Waals surface area contributed by atoms with Crippen LogP contribution in [-0.4, -0.2) is 37.5 Å². The Morgan fingerprint density at radius 3 is 2.16 bits per heavy atom. The lowest BCUT2D eigenvalue weighted by Crippen LogP contribution is -2.48. The largest absolute Gasteiger partial charge is 0.454 e. The molecule has 4 aliphatic rings. The minimum Gasteiger partial charge on any atom is -0.454 e. The van der Waals surface area contributed by atoms with E-state index in [-0.39, 0.29) is 30.3 Å². The second-order valence-corrected chi connectivity index (χ2v) is 9.76. The summed E-state index contributed by atoms with van der Waals surface area (Å²) in [5.41, 5.74) is 1.04. The van der Waals surface area contributed by atoms with Crippen LogP contribution in [0.25, 0.3) is 0 Å². The number of carbonyl (C=O) groups excluding carboxylic acids is 3. The molecule has 7 heteroatoms. The fourth-order valence-corrected chi connectivity index (χ4v) is 6.33. The van der Waals surface area contributed by atoms with Crippen LogP contribution in [0, 0.1) is 29.0 Å². The Hall–Kier alpha value is -2.44. The number of amides is 2. The minimum absolute atomic E-state index is 0.0948. The highest BCUT2D eigenvalue weighted by Gasteiger charge is 2.51. The number of rotatable bonds is 9. The zero-order valence-electron chi connectivity index (χ0n) is 17.8. The van der Waals surface area contributed by atoms with E-state index in [1.807, 2.05) is 0 Å². The molecule has 4 bridgehead atoms. The summed E-state index contributed by atoms with van der Waals surface area (Å²) in [6.07, 6.45) is 8.49. The standard InChI is InChI=1S/C24H31FN2O4/c25-20-3-1-16(2-4-20)5-6-26-22(29)15-31-23(30)14-27-21(28)13-24-10-17-7-18(11-24)9-19(8-17)12-24/h1-4,17-19H,5-15H2,(H,26,29)(H,27,28). The van der Waals surface area contributed by atoms with Crippen LogP contribution in [0.4, 0.5) is 4.39 Å². The summed E-state index contributed by atoms with van der Waals surface area (Å²) in [4.78, 5) is 36.1. The van der Waals surface area contributed by atoms with Gasteiger partial charge in [-0.25, -0.2) is 4.39 Å². The quantitative estimate of drug-likeness (QED) is 0.590. The van der Waals surface area contributed by atoms with Gasteiger partial charge in [0.25, 0.3) is 5.91 Å². The maximum absolute atomic E-state index is 12.9. The van der Waals surface area contributed by atoms with Crippen molar-refractivity contribution in [2.45, 2.75) is 51.4 Å². The first-order chi connectivity index (χ1) is 14.9. The van der Waals surface area contributed by atoms with Gasteiger partial charge in [0.05, 0.1) is 0 Å². The van der Waals surface area contributed by atoms with Crippen LogP contribution in [0.1, 0.15) is 50.5 Å². The van der Waals surface area contributed by atoms with Crippen LogP contribution < -0.4 is 10.6 Å². The van der Waals surface area contributed by atoms with Gasteiger partial charge in [0.1, 0.15) is 12.4 Å². The number of nitrogens with one attached hydrogen (secondary N) is 2. The SMILES string of the molecule is O=C(COC(=O)CNC(=O)CC12CC3CC(CC(C3)C1)C2)NCCc1ccc(F)cc1. The molecule has 2 N–H and O–H groups in total. The maximum Gasteiger partial charge on any atom is 0.325 e. The topological polar surface area (TPSA) is 84.5 Å². The molecule has 0 heterocycles. The second-order valence-electron chi connectivity index (χ2n) is 9.76. The molecular weight excluding hydrogens is 399 g/mol. The summed E-state index contributed by atoms with van der Waals surface area (Å²) in [6, 6.07) is 6.06. The van der Waals surface area contributed by atoms with Crippen molar-refractivity contribution in [2.24, 2.45) is 23.2 Å². The lowest BCUT2D eigenvalue weighted by Gasteiger charge is -2.56. The molecule has 4 fully saturated rings. The first-order valence-corrected chi connectivity index (χ1v) is 11.3. The van der Waals surface area contributed by atoms with Gasteiger partial charge in [-0.1, -0.05) is 12.1 Å². The zero-order chi connectivity index (χ0) is 21.8. The molecule has 0 spiro atoms. The normalized spacial score (nSPS) is 28.2. The third-order valence-electron chi connectivity index (χ3n) is 7.14. The minimum atomic E-state index is -0.618. The van der Waals surface area contributed by atoms with Crippen molar-refractivity contribution in [1.29, 1.82) is 0 Å². The molecule has 1 aromatic carbocycles. The lowest BCUT2D eigenvalue weighted by atomic mass is 9.49. The van der Waals surface area contributed by atoms with Gasteiger partial charge in [-0.2, -0.15) is 0 Å². The van der Waals surface area contributed by atoms with E-state index in [1.165, 1.54) is 31.4 Å². The molecule has 0 radical (unpaired) electrons. The van der Waals surface area contributed by atoms with Gasteiger partial charge in [-0.3, -0.25) is 14.4 Å². The third-order valence-corrected chi connectivity index (χ3v) is 7.14. The van der Waals surface area contributed by atoms with Gasteiger partial charge in [0.15, 0.2) is 6.61 Å². The fraction of sp³-hybridized carbons (Fsp3) is 0.625. The number of carbonyl (C=O) groups is 3. The van der Waals surface area contributed by atoms with Gasteiger partial charge in [0, 0.05) is 13.0 Å². The van der Waals surface area contributed by atoms with Crippen molar-refractivity contribution < 1.29 is 23.5 Å². The molecule has 6 nitrogen and oxygen atoms in total. The Labute approximate surface area is 182 Å². The molecule has 0 aliphatic heterocycles. The van der Waals surface area contributed by atoms with Crippen LogP contribution in [0.3, 0.4) is 0 Å². The first kappa shape index (κ1) is 21.8. The second kappa shape index (κ2) is 9.37. The van der Waals surface area contributed by atoms with E-state index in [4.69, 9.17) is 4.74 Å². The van der Waals surface area contributed by atoms with Crippen molar-refractivity contribution in [3.63, 3.8) is 0 Å². The molecule has 168 valence electrons. The molecule has 1 aromatic rings. The average molecular weight is 431 g/mol. The Kier molecular flexibility index (Phi) is 6.58. The summed E-state index contributed by atoms with van der Waals surface area (Å²) in [7, 11) is 0. The molecule has 0 aromatic heterocycles. The van der Waals surface area contributed by atoms with Crippen LogP contribution in [-0.2, 0) is 25.5 Å². The molecule has 5 rings (SSSR count). The zero-order valence-corrected chi connectivity index (χ0v) is 17.8. The Bertz CT molecular complexity index is 788. The average Bonchev–Trinajstić information content (AvgIpc) is 2.71. The molecule has 31 heavy (non-hydrogen) atoms. The van der Waals surface area contributed by atoms with E-state index in [2.05, 4.69) is 10.6 Å². The highest BCUT2D eigenvalue weighted by molar-refractivity contribution is 5.84. The molecule has 2 amide bonds. The highest BCUT2D eigenvalue weighted by Crippen LogP contribution is 2.61. The number of hydrogen-bond donors (Lipinski definition) is 2. The number of ether oxygens (including phenoxy) is 1. The van der Waals surface area contributed by atoms with E-state index in [9.17, 15) is 18.8 Å². The Morgan fingerprint density at radius 2 is 1.55 bits per heavy atom. The first-order valence-electron chi connectivity index (χ1n) is 11.3. The molecule has 0 atom stereocenters. The van der Waals surface area contributed by atoms with Gasteiger partial charge < -0.3 is 15.4 Å².